The third-order valence-electron chi connectivity index (χ3n) is 1.82. The van der Waals surface area contributed by atoms with Crippen LogP contribution in [0.1, 0.15) is 4.88 Å². The molecule has 0 aliphatic rings. The zero-order valence-corrected chi connectivity index (χ0v) is 8.14. The number of anilines is 1. The van der Waals surface area contributed by atoms with Crippen LogP contribution in [-0.4, -0.2) is 4.98 Å². The molecule has 0 atom stereocenters. The van der Waals surface area contributed by atoms with Crippen LogP contribution in [0, 0.1) is 6.92 Å². The Balaban J connectivity index is 2.53. The topological polar surface area (TPSA) is 38.9 Å². The van der Waals surface area contributed by atoms with Crippen molar-refractivity contribution in [1.29, 1.82) is 0 Å². The van der Waals surface area contributed by atoms with Gasteiger partial charge in [-0.25, -0.2) is 0 Å². The molecular weight excluding hydrogens is 180 g/mol. The number of nitrogen functional groups attached to an aromatic ring is 1. The van der Waals surface area contributed by atoms with E-state index in [2.05, 4.69) is 11.1 Å². The lowest BCUT2D eigenvalue weighted by molar-refractivity contribution is 1.33. The number of aryl methyl sites for hydroxylation is 1. The molecule has 2 aromatic rings. The van der Waals surface area contributed by atoms with E-state index in [1.54, 1.807) is 17.5 Å². The molecule has 0 aliphatic heterocycles. The summed E-state index contributed by atoms with van der Waals surface area (Å²) >= 11 is 1.60. The van der Waals surface area contributed by atoms with E-state index in [1.165, 1.54) is 4.88 Å². The predicted molar refractivity (Wildman–Crippen MR) is 56.7 cm³/mol. The van der Waals surface area contributed by atoms with E-state index in [-0.39, 0.29) is 0 Å². The molecule has 0 spiro atoms. The normalized spacial score (nSPS) is 10.2. The van der Waals surface area contributed by atoms with E-state index >= 15 is 0 Å². The predicted octanol–water partition coefficient (Wildman–Crippen LogP) is 2.70. The second-order valence-corrected chi connectivity index (χ2v) is 4.14. The van der Waals surface area contributed by atoms with Gasteiger partial charge in [-0.3, -0.25) is 4.98 Å². The number of hydrogen-bond acceptors (Lipinski definition) is 3. The lowest BCUT2D eigenvalue weighted by atomic mass is 10.2. The van der Waals surface area contributed by atoms with Crippen molar-refractivity contribution < 1.29 is 0 Å². The minimum atomic E-state index is 0.844. The zero-order valence-electron chi connectivity index (χ0n) is 7.32. The summed E-state index contributed by atoms with van der Waals surface area (Å²) in [5.74, 6) is 0. The van der Waals surface area contributed by atoms with Crippen molar-refractivity contribution >= 4 is 16.3 Å². The van der Waals surface area contributed by atoms with Gasteiger partial charge in [0.2, 0.25) is 0 Å². The number of aromatic nitrogens is 1. The van der Waals surface area contributed by atoms with Gasteiger partial charge in [0.1, 0.15) is 0 Å². The second-order valence-electron chi connectivity index (χ2n) is 2.85. The molecule has 0 amide bonds. The van der Waals surface area contributed by atoms with Crippen molar-refractivity contribution in [3.63, 3.8) is 0 Å². The molecule has 2 rings (SSSR count). The van der Waals surface area contributed by atoms with E-state index < -0.39 is 0 Å². The molecule has 13 heavy (non-hydrogen) atoms. The van der Waals surface area contributed by atoms with Gasteiger partial charge >= 0.3 is 0 Å². The highest BCUT2D eigenvalue weighted by atomic mass is 32.1. The molecule has 66 valence electrons. The highest BCUT2D eigenvalue weighted by molar-refractivity contribution is 7.16. The third-order valence-corrected chi connectivity index (χ3v) is 2.70. The molecule has 3 heteroatoms. The summed E-state index contributed by atoms with van der Waals surface area (Å²) in [6, 6.07) is 7.91. The maximum absolute atomic E-state index is 5.85. The quantitative estimate of drug-likeness (QED) is 0.751. The van der Waals surface area contributed by atoms with E-state index in [4.69, 9.17) is 5.73 Å². The van der Waals surface area contributed by atoms with Gasteiger partial charge in [0.25, 0.3) is 0 Å². The molecule has 0 radical (unpaired) electrons. The van der Waals surface area contributed by atoms with Crippen LogP contribution in [0.15, 0.2) is 30.5 Å². The summed E-state index contributed by atoms with van der Waals surface area (Å²) in [6.07, 6.45) is 1.78. The summed E-state index contributed by atoms with van der Waals surface area (Å²) in [7, 11) is 0. The van der Waals surface area contributed by atoms with Gasteiger partial charge in [0.15, 0.2) is 0 Å². The first-order valence-electron chi connectivity index (χ1n) is 4.04. The van der Waals surface area contributed by atoms with Crippen LogP contribution in [0.4, 0.5) is 5.00 Å². The van der Waals surface area contributed by atoms with Gasteiger partial charge in [-0.2, -0.15) is 0 Å². The van der Waals surface area contributed by atoms with E-state index in [0.29, 0.717) is 0 Å². The van der Waals surface area contributed by atoms with Crippen LogP contribution in [0.25, 0.3) is 11.3 Å². The smallest absolute Gasteiger partial charge is 0.0954 e. The summed E-state index contributed by atoms with van der Waals surface area (Å²) in [4.78, 5) is 5.47. The van der Waals surface area contributed by atoms with Crippen molar-refractivity contribution in [3.8, 4) is 11.3 Å². The Morgan fingerprint density at radius 2 is 2.23 bits per heavy atom. The van der Waals surface area contributed by atoms with Crippen molar-refractivity contribution in [3.05, 3.63) is 35.3 Å². The molecule has 0 bridgehead atoms. The maximum atomic E-state index is 5.85. The van der Waals surface area contributed by atoms with Crippen LogP contribution in [0.5, 0.6) is 0 Å². The zero-order chi connectivity index (χ0) is 9.26. The van der Waals surface area contributed by atoms with Gasteiger partial charge in [-0.15, -0.1) is 11.3 Å². The molecule has 0 aliphatic carbocycles. The van der Waals surface area contributed by atoms with Crippen LogP contribution in [0.3, 0.4) is 0 Å². The fraction of sp³-hybridized carbons (Fsp3) is 0.100. The Bertz CT molecular complexity index is 406. The van der Waals surface area contributed by atoms with Crippen LogP contribution in [0.2, 0.25) is 0 Å². The van der Waals surface area contributed by atoms with E-state index in [0.717, 1.165) is 16.3 Å². The molecule has 2 N–H and O–H groups in total. The van der Waals surface area contributed by atoms with Gasteiger partial charge in [0, 0.05) is 16.6 Å². The molecule has 0 aromatic carbocycles. The standard InChI is InChI=1S/C10H10N2S/c1-7-6-8(10(11)13-7)9-4-2-3-5-12-9/h2-6H,11H2,1H3. The number of hydrogen-bond donors (Lipinski definition) is 1. The molecule has 0 saturated carbocycles. The highest BCUT2D eigenvalue weighted by Gasteiger charge is 2.05. The Kier molecular flexibility index (Phi) is 2.02. The average Bonchev–Trinajstić information content (AvgIpc) is 2.47. The Labute approximate surface area is 81.1 Å². The van der Waals surface area contributed by atoms with Crippen LogP contribution >= 0.6 is 11.3 Å². The summed E-state index contributed by atoms with van der Waals surface area (Å²) in [5, 5.41) is 0.844. The largest absolute Gasteiger partial charge is 0.390 e. The third kappa shape index (κ3) is 1.55. The fourth-order valence-electron chi connectivity index (χ4n) is 1.25. The first kappa shape index (κ1) is 8.26. The minimum absolute atomic E-state index is 0.844. The highest BCUT2D eigenvalue weighted by Crippen LogP contribution is 2.31. The average molecular weight is 190 g/mol. The number of nitrogens with zero attached hydrogens (tertiary/aromatic N) is 1. The number of nitrogens with two attached hydrogens (primary N) is 1. The monoisotopic (exact) mass is 190 g/mol. The molecule has 2 aromatic heterocycles. The molecule has 0 fully saturated rings. The van der Waals surface area contributed by atoms with Crippen molar-refractivity contribution in [2.75, 3.05) is 5.73 Å². The Morgan fingerprint density at radius 3 is 2.77 bits per heavy atom. The van der Waals surface area contributed by atoms with E-state index in [1.807, 2.05) is 25.1 Å². The Morgan fingerprint density at radius 1 is 1.38 bits per heavy atom. The summed E-state index contributed by atoms with van der Waals surface area (Å²) < 4.78 is 0. The SMILES string of the molecule is Cc1cc(-c2ccccn2)c(N)s1. The molecular formula is C10H10N2S. The van der Waals surface area contributed by atoms with Gasteiger partial charge in [-0.05, 0) is 25.1 Å². The van der Waals surface area contributed by atoms with Crippen molar-refractivity contribution in [1.82, 2.24) is 4.98 Å². The fourth-order valence-corrected chi connectivity index (χ4v) is 2.05. The van der Waals surface area contributed by atoms with Crippen molar-refractivity contribution in [2.24, 2.45) is 0 Å². The molecule has 0 unspecified atom stereocenters. The maximum Gasteiger partial charge on any atom is 0.0954 e. The summed E-state index contributed by atoms with van der Waals surface area (Å²) in [5.41, 5.74) is 7.84. The van der Waals surface area contributed by atoms with Crippen molar-refractivity contribution in [2.45, 2.75) is 6.92 Å². The first-order chi connectivity index (χ1) is 6.27. The lowest BCUT2D eigenvalue weighted by Crippen LogP contribution is -1.85. The number of pyridine rings is 1. The Hall–Kier alpha value is -1.35. The lowest BCUT2D eigenvalue weighted by Gasteiger charge is -1.96. The van der Waals surface area contributed by atoms with Crippen LogP contribution < -0.4 is 5.73 Å². The summed E-state index contributed by atoms with van der Waals surface area (Å²) in [6.45, 7) is 2.05. The van der Waals surface area contributed by atoms with E-state index in [9.17, 15) is 0 Å². The molecule has 2 heterocycles. The molecule has 2 nitrogen and oxygen atoms in total. The number of thiophene rings is 1. The van der Waals surface area contributed by atoms with Gasteiger partial charge < -0.3 is 5.73 Å². The number of rotatable bonds is 1. The second kappa shape index (κ2) is 3.18. The first-order valence-corrected chi connectivity index (χ1v) is 4.86. The van der Waals surface area contributed by atoms with Gasteiger partial charge in [-0.1, -0.05) is 6.07 Å². The van der Waals surface area contributed by atoms with Gasteiger partial charge in [0.05, 0.1) is 10.7 Å². The minimum Gasteiger partial charge on any atom is -0.390 e. The molecule has 0 saturated heterocycles. The van der Waals surface area contributed by atoms with Crippen LogP contribution in [-0.2, 0) is 0 Å².